The first-order chi connectivity index (χ1) is 12.0. The van der Waals surface area contributed by atoms with Crippen molar-refractivity contribution >= 4 is 23.2 Å². The first kappa shape index (κ1) is 17.2. The Morgan fingerprint density at radius 1 is 1.08 bits per heavy atom. The second kappa shape index (κ2) is 7.08. The van der Waals surface area contributed by atoms with E-state index in [1.807, 2.05) is 4.90 Å². The third-order valence-corrected chi connectivity index (χ3v) is 5.06. The van der Waals surface area contributed by atoms with Crippen LogP contribution in [0.15, 0.2) is 18.2 Å². The van der Waals surface area contributed by atoms with Gasteiger partial charge in [-0.15, -0.1) is 0 Å². The molecule has 1 heterocycles. The molecule has 0 atom stereocenters. The summed E-state index contributed by atoms with van der Waals surface area (Å²) in [6.07, 6.45) is 4.16. The minimum absolute atomic E-state index is 0.0357. The van der Waals surface area contributed by atoms with Crippen molar-refractivity contribution in [2.24, 2.45) is 5.92 Å². The van der Waals surface area contributed by atoms with Gasteiger partial charge >= 0.3 is 0 Å². The number of piperazine rings is 1. The number of rotatable bonds is 3. The van der Waals surface area contributed by atoms with Crippen LogP contribution in [-0.2, 0) is 4.79 Å². The highest BCUT2D eigenvalue weighted by atomic mass is 16.6. The lowest BCUT2D eigenvalue weighted by molar-refractivity contribution is -0.383. The molecule has 8 nitrogen and oxygen atoms in total. The molecule has 0 aromatic heterocycles. The van der Waals surface area contributed by atoms with E-state index in [9.17, 15) is 19.7 Å². The van der Waals surface area contributed by atoms with E-state index in [1.54, 1.807) is 4.90 Å². The summed E-state index contributed by atoms with van der Waals surface area (Å²) in [6, 6.07) is 4.10. The maximum Gasteiger partial charge on any atom is 0.292 e. The highest BCUT2D eigenvalue weighted by Gasteiger charge is 2.31. The molecule has 1 saturated carbocycles. The molecule has 2 fully saturated rings. The highest BCUT2D eigenvalue weighted by Crippen LogP contribution is 2.27. The van der Waals surface area contributed by atoms with E-state index in [-0.39, 0.29) is 34.7 Å². The summed E-state index contributed by atoms with van der Waals surface area (Å²) in [5.41, 5.74) is 5.59. The summed E-state index contributed by atoms with van der Waals surface area (Å²) in [4.78, 5) is 38.9. The average Bonchev–Trinajstić information content (AvgIpc) is 3.15. The van der Waals surface area contributed by atoms with Crippen LogP contribution < -0.4 is 5.73 Å². The van der Waals surface area contributed by atoms with Gasteiger partial charge in [0.2, 0.25) is 5.91 Å². The molecule has 1 saturated heterocycles. The Hall–Kier alpha value is -2.64. The zero-order valence-electron chi connectivity index (χ0n) is 14.0. The van der Waals surface area contributed by atoms with Gasteiger partial charge in [0.05, 0.1) is 4.92 Å². The fraction of sp³-hybridized carbons (Fsp3) is 0.529. The largest absolute Gasteiger partial charge is 0.393 e. The molecule has 0 spiro atoms. The number of carbonyl (C=O) groups excluding carboxylic acids is 2. The van der Waals surface area contributed by atoms with Gasteiger partial charge in [0.25, 0.3) is 11.6 Å². The normalized spacial score (nSPS) is 18.4. The number of carbonyl (C=O) groups is 2. The quantitative estimate of drug-likeness (QED) is 0.508. The minimum Gasteiger partial charge on any atom is -0.393 e. The van der Waals surface area contributed by atoms with E-state index >= 15 is 0 Å². The maximum atomic E-state index is 12.6. The number of amides is 2. The standard InChI is InChI=1S/C17H22N4O4/c18-14-6-5-13(11-15(14)21(24)25)17(23)20-9-7-19(8-10-20)16(22)12-3-1-2-4-12/h5-6,11-12H,1-4,7-10,18H2. The van der Waals surface area contributed by atoms with Crippen molar-refractivity contribution < 1.29 is 14.5 Å². The zero-order chi connectivity index (χ0) is 18.0. The summed E-state index contributed by atoms with van der Waals surface area (Å²) in [5.74, 6) is 0.0748. The van der Waals surface area contributed by atoms with Gasteiger partial charge < -0.3 is 15.5 Å². The second-order valence-corrected chi connectivity index (χ2v) is 6.63. The van der Waals surface area contributed by atoms with Crippen molar-refractivity contribution in [2.45, 2.75) is 25.7 Å². The van der Waals surface area contributed by atoms with E-state index in [2.05, 4.69) is 0 Å². The predicted molar refractivity (Wildman–Crippen MR) is 92.0 cm³/mol. The van der Waals surface area contributed by atoms with E-state index in [1.165, 1.54) is 18.2 Å². The average molecular weight is 346 g/mol. The van der Waals surface area contributed by atoms with E-state index in [0.717, 1.165) is 25.7 Å². The molecule has 2 amide bonds. The second-order valence-electron chi connectivity index (χ2n) is 6.63. The summed E-state index contributed by atoms with van der Waals surface area (Å²) in [7, 11) is 0. The molecule has 1 aromatic rings. The van der Waals surface area contributed by atoms with Crippen molar-refractivity contribution in [3.63, 3.8) is 0 Å². The Kier molecular flexibility index (Phi) is 4.87. The lowest BCUT2D eigenvalue weighted by atomic mass is 10.1. The van der Waals surface area contributed by atoms with E-state index in [0.29, 0.717) is 26.2 Å². The Balaban J connectivity index is 1.62. The molecule has 1 aliphatic heterocycles. The summed E-state index contributed by atoms with van der Waals surface area (Å²) in [5, 5.41) is 11.0. The highest BCUT2D eigenvalue weighted by molar-refractivity contribution is 5.95. The first-order valence-corrected chi connectivity index (χ1v) is 8.59. The predicted octanol–water partition coefficient (Wildman–Crippen LogP) is 1.65. The van der Waals surface area contributed by atoms with Crippen LogP contribution in [0, 0.1) is 16.0 Å². The van der Waals surface area contributed by atoms with Crippen LogP contribution in [0.1, 0.15) is 36.0 Å². The van der Waals surface area contributed by atoms with Gasteiger partial charge in [0.1, 0.15) is 5.69 Å². The van der Waals surface area contributed by atoms with Gasteiger partial charge in [0, 0.05) is 43.7 Å². The zero-order valence-corrected chi connectivity index (χ0v) is 14.0. The number of anilines is 1. The lowest BCUT2D eigenvalue weighted by Crippen LogP contribution is -2.51. The van der Waals surface area contributed by atoms with E-state index < -0.39 is 4.92 Å². The molecule has 2 N–H and O–H groups in total. The molecule has 2 aliphatic rings. The van der Waals surface area contributed by atoms with Crippen LogP contribution in [0.2, 0.25) is 0 Å². The summed E-state index contributed by atoms with van der Waals surface area (Å²) in [6.45, 7) is 1.90. The number of nitrogen functional groups attached to an aromatic ring is 1. The van der Waals surface area contributed by atoms with Gasteiger partial charge in [-0.05, 0) is 25.0 Å². The van der Waals surface area contributed by atoms with Gasteiger partial charge in [-0.25, -0.2) is 0 Å². The monoisotopic (exact) mass is 346 g/mol. The Bertz CT molecular complexity index is 692. The van der Waals surface area contributed by atoms with Crippen LogP contribution in [0.3, 0.4) is 0 Å². The minimum atomic E-state index is -0.593. The smallest absolute Gasteiger partial charge is 0.292 e. The number of nitro benzene ring substituents is 1. The van der Waals surface area contributed by atoms with Gasteiger partial charge in [-0.2, -0.15) is 0 Å². The molecule has 0 radical (unpaired) electrons. The number of nitrogens with zero attached hydrogens (tertiary/aromatic N) is 3. The number of hydrogen-bond acceptors (Lipinski definition) is 5. The van der Waals surface area contributed by atoms with Crippen molar-refractivity contribution in [3.05, 3.63) is 33.9 Å². The molecule has 8 heteroatoms. The van der Waals surface area contributed by atoms with Crippen molar-refractivity contribution in [2.75, 3.05) is 31.9 Å². The fourth-order valence-electron chi connectivity index (χ4n) is 3.58. The van der Waals surface area contributed by atoms with Crippen LogP contribution >= 0.6 is 0 Å². The van der Waals surface area contributed by atoms with Crippen molar-refractivity contribution in [3.8, 4) is 0 Å². The van der Waals surface area contributed by atoms with Crippen LogP contribution in [0.5, 0.6) is 0 Å². The number of hydrogen-bond donors (Lipinski definition) is 1. The Labute approximate surface area is 145 Å². The molecule has 134 valence electrons. The molecular formula is C17H22N4O4. The Morgan fingerprint density at radius 3 is 2.28 bits per heavy atom. The summed E-state index contributed by atoms with van der Waals surface area (Å²) < 4.78 is 0. The first-order valence-electron chi connectivity index (χ1n) is 8.59. The third-order valence-electron chi connectivity index (χ3n) is 5.06. The molecule has 1 aromatic carbocycles. The van der Waals surface area contributed by atoms with Crippen molar-refractivity contribution in [1.29, 1.82) is 0 Å². The van der Waals surface area contributed by atoms with Gasteiger partial charge in [-0.1, -0.05) is 12.8 Å². The third kappa shape index (κ3) is 3.57. The molecule has 1 aliphatic carbocycles. The topological polar surface area (TPSA) is 110 Å². The van der Waals surface area contributed by atoms with Crippen molar-refractivity contribution in [1.82, 2.24) is 9.80 Å². The van der Waals surface area contributed by atoms with E-state index in [4.69, 9.17) is 5.73 Å². The lowest BCUT2D eigenvalue weighted by Gasteiger charge is -2.36. The van der Waals surface area contributed by atoms with Gasteiger partial charge in [-0.3, -0.25) is 19.7 Å². The number of nitro groups is 1. The molecule has 0 bridgehead atoms. The van der Waals surface area contributed by atoms with Crippen LogP contribution in [-0.4, -0.2) is 52.7 Å². The summed E-state index contributed by atoms with van der Waals surface area (Å²) >= 11 is 0. The van der Waals surface area contributed by atoms with Crippen LogP contribution in [0.25, 0.3) is 0 Å². The Morgan fingerprint density at radius 2 is 1.68 bits per heavy atom. The molecular weight excluding hydrogens is 324 g/mol. The molecule has 0 unspecified atom stereocenters. The van der Waals surface area contributed by atoms with Gasteiger partial charge in [0.15, 0.2) is 0 Å². The van der Waals surface area contributed by atoms with Crippen LogP contribution in [0.4, 0.5) is 11.4 Å². The molecule has 25 heavy (non-hydrogen) atoms. The molecule has 3 rings (SSSR count). The number of benzene rings is 1. The number of nitrogens with two attached hydrogens (primary N) is 1. The SMILES string of the molecule is Nc1ccc(C(=O)N2CCN(C(=O)C3CCCC3)CC2)cc1[N+](=O)[O-]. The fourth-order valence-corrected chi connectivity index (χ4v) is 3.58. The maximum absolute atomic E-state index is 12.6.